The van der Waals surface area contributed by atoms with Gasteiger partial charge in [-0.3, -0.25) is 4.79 Å². The third-order valence-electron chi connectivity index (χ3n) is 3.07. The first-order valence-corrected chi connectivity index (χ1v) is 7.87. The van der Waals surface area contributed by atoms with Gasteiger partial charge in [0.05, 0.1) is 5.75 Å². The van der Waals surface area contributed by atoms with Crippen molar-refractivity contribution in [1.82, 2.24) is 0 Å². The van der Waals surface area contributed by atoms with E-state index in [1.54, 1.807) is 6.07 Å². The molecule has 2 rings (SSSR count). The highest BCUT2D eigenvalue weighted by Crippen LogP contribution is 2.23. The number of halogens is 1. The second-order valence-corrected chi connectivity index (χ2v) is 6.30. The molecule has 0 radical (unpaired) electrons. The Morgan fingerprint density at radius 2 is 1.95 bits per heavy atom. The molecular formula is C16H17ClN2OS. The first-order valence-electron chi connectivity index (χ1n) is 6.50. The molecule has 0 aliphatic heterocycles. The number of rotatable bonds is 4. The number of thioether (sulfide) groups is 1. The van der Waals surface area contributed by atoms with Crippen LogP contribution in [0.15, 0.2) is 41.3 Å². The predicted octanol–water partition coefficient (Wildman–Crippen LogP) is 4.27. The number of anilines is 2. The standard InChI is InChI=1S/C16H17ClN2OS/c1-10-8-13(4-5-14(10)18)21-9-16(20)19-15-6-3-12(17)7-11(15)2/h3-8H,9,18H2,1-2H3,(H,19,20). The summed E-state index contributed by atoms with van der Waals surface area (Å²) in [5.74, 6) is 0.311. The zero-order chi connectivity index (χ0) is 15.4. The van der Waals surface area contributed by atoms with Crippen molar-refractivity contribution < 1.29 is 4.79 Å². The van der Waals surface area contributed by atoms with E-state index in [4.69, 9.17) is 17.3 Å². The Kier molecular flexibility index (Phi) is 5.15. The number of nitrogen functional groups attached to an aromatic ring is 1. The number of aryl methyl sites for hydroxylation is 2. The van der Waals surface area contributed by atoms with E-state index in [2.05, 4.69) is 5.32 Å². The molecule has 0 saturated heterocycles. The molecule has 0 aliphatic carbocycles. The molecule has 0 aliphatic rings. The first-order chi connectivity index (χ1) is 9.95. The predicted molar refractivity (Wildman–Crippen MR) is 91.1 cm³/mol. The van der Waals surface area contributed by atoms with Gasteiger partial charge in [0, 0.05) is 21.3 Å². The minimum atomic E-state index is -0.0418. The van der Waals surface area contributed by atoms with Crippen molar-refractivity contribution in [3.05, 3.63) is 52.5 Å². The van der Waals surface area contributed by atoms with Gasteiger partial charge in [0.2, 0.25) is 5.91 Å². The quantitative estimate of drug-likeness (QED) is 0.653. The van der Waals surface area contributed by atoms with Crippen LogP contribution in [-0.2, 0) is 4.79 Å². The Hall–Kier alpha value is -1.65. The number of hydrogen-bond donors (Lipinski definition) is 2. The van der Waals surface area contributed by atoms with Gasteiger partial charge in [-0.05, 0) is 61.4 Å². The molecule has 0 saturated carbocycles. The maximum atomic E-state index is 12.0. The lowest BCUT2D eigenvalue weighted by Crippen LogP contribution is -2.14. The summed E-state index contributed by atoms with van der Waals surface area (Å²) < 4.78 is 0. The van der Waals surface area contributed by atoms with Crippen LogP contribution in [0, 0.1) is 13.8 Å². The van der Waals surface area contributed by atoms with Crippen molar-refractivity contribution >= 4 is 40.6 Å². The van der Waals surface area contributed by atoms with Crippen molar-refractivity contribution in [2.45, 2.75) is 18.7 Å². The van der Waals surface area contributed by atoms with Crippen LogP contribution >= 0.6 is 23.4 Å². The highest BCUT2D eigenvalue weighted by molar-refractivity contribution is 8.00. The smallest absolute Gasteiger partial charge is 0.234 e. The normalized spacial score (nSPS) is 10.4. The summed E-state index contributed by atoms with van der Waals surface area (Å²) in [7, 11) is 0. The third kappa shape index (κ3) is 4.41. The van der Waals surface area contributed by atoms with Gasteiger partial charge in [-0.25, -0.2) is 0 Å². The fourth-order valence-corrected chi connectivity index (χ4v) is 2.86. The number of carbonyl (C=O) groups is 1. The summed E-state index contributed by atoms with van der Waals surface area (Å²) in [6.07, 6.45) is 0. The zero-order valence-electron chi connectivity index (χ0n) is 11.9. The average Bonchev–Trinajstić information content (AvgIpc) is 2.43. The molecular weight excluding hydrogens is 304 g/mol. The number of hydrogen-bond acceptors (Lipinski definition) is 3. The maximum Gasteiger partial charge on any atom is 0.234 e. The van der Waals surface area contributed by atoms with Gasteiger partial charge in [-0.1, -0.05) is 11.6 Å². The summed E-state index contributed by atoms with van der Waals surface area (Å²) in [4.78, 5) is 13.0. The Balaban J connectivity index is 1.94. The van der Waals surface area contributed by atoms with Crippen LogP contribution in [0.1, 0.15) is 11.1 Å². The van der Waals surface area contributed by atoms with Crippen LogP contribution in [0.5, 0.6) is 0 Å². The number of nitrogens with two attached hydrogens (primary N) is 1. The van der Waals surface area contributed by atoms with Crippen molar-refractivity contribution in [3.63, 3.8) is 0 Å². The summed E-state index contributed by atoms with van der Waals surface area (Å²) >= 11 is 7.38. The number of amides is 1. The number of carbonyl (C=O) groups excluding carboxylic acids is 1. The highest BCUT2D eigenvalue weighted by Gasteiger charge is 2.06. The van der Waals surface area contributed by atoms with Crippen LogP contribution in [0.4, 0.5) is 11.4 Å². The molecule has 110 valence electrons. The molecule has 3 nitrogen and oxygen atoms in total. The molecule has 2 aromatic rings. The van der Waals surface area contributed by atoms with E-state index in [1.807, 2.05) is 44.2 Å². The summed E-state index contributed by atoms with van der Waals surface area (Å²) in [5, 5.41) is 3.55. The molecule has 0 spiro atoms. The van der Waals surface area contributed by atoms with Gasteiger partial charge < -0.3 is 11.1 Å². The van der Waals surface area contributed by atoms with Gasteiger partial charge >= 0.3 is 0 Å². The van der Waals surface area contributed by atoms with Crippen molar-refractivity contribution in [2.24, 2.45) is 0 Å². The largest absolute Gasteiger partial charge is 0.399 e. The highest BCUT2D eigenvalue weighted by atomic mass is 35.5. The van der Waals surface area contributed by atoms with E-state index in [9.17, 15) is 4.79 Å². The molecule has 0 heterocycles. The van der Waals surface area contributed by atoms with E-state index in [-0.39, 0.29) is 5.91 Å². The van der Waals surface area contributed by atoms with E-state index in [0.717, 1.165) is 27.4 Å². The van der Waals surface area contributed by atoms with Crippen molar-refractivity contribution in [2.75, 3.05) is 16.8 Å². The molecule has 0 bridgehead atoms. The van der Waals surface area contributed by atoms with E-state index < -0.39 is 0 Å². The summed E-state index contributed by atoms with van der Waals surface area (Å²) in [6.45, 7) is 3.87. The zero-order valence-corrected chi connectivity index (χ0v) is 13.5. The van der Waals surface area contributed by atoms with Crippen LogP contribution in [-0.4, -0.2) is 11.7 Å². The van der Waals surface area contributed by atoms with Crippen LogP contribution in [0.25, 0.3) is 0 Å². The Labute approximate surface area is 133 Å². The third-order valence-corrected chi connectivity index (χ3v) is 4.30. The summed E-state index contributed by atoms with van der Waals surface area (Å²) in [5.41, 5.74) is 9.30. The molecule has 3 N–H and O–H groups in total. The Bertz CT molecular complexity index is 673. The van der Waals surface area contributed by atoms with E-state index in [0.29, 0.717) is 10.8 Å². The molecule has 21 heavy (non-hydrogen) atoms. The van der Waals surface area contributed by atoms with Gasteiger partial charge in [0.25, 0.3) is 0 Å². The lowest BCUT2D eigenvalue weighted by molar-refractivity contribution is -0.113. The molecule has 1 amide bonds. The van der Waals surface area contributed by atoms with Crippen LogP contribution in [0.3, 0.4) is 0 Å². The van der Waals surface area contributed by atoms with Crippen LogP contribution in [0.2, 0.25) is 5.02 Å². The van der Waals surface area contributed by atoms with E-state index >= 15 is 0 Å². The second-order valence-electron chi connectivity index (χ2n) is 4.81. The first kappa shape index (κ1) is 15.7. The minimum Gasteiger partial charge on any atom is -0.399 e. The lowest BCUT2D eigenvalue weighted by atomic mass is 10.2. The van der Waals surface area contributed by atoms with E-state index in [1.165, 1.54) is 11.8 Å². The van der Waals surface area contributed by atoms with Gasteiger partial charge in [0.1, 0.15) is 0 Å². The molecule has 0 aromatic heterocycles. The second kappa shape index (κ2) is 6.87. The SMILES string of the molecule is Cc1cc(SCC(=O)Nc2ccc(Cl)cc2C)ccc1N. The van der Waals surface area contributed by atoms with Gasteiger partial charge in [0.15, 0.2) is 0 Å². The Morgan fingerprint density at radius 3 is 2.62 bits per heavy atom. The fourth-order valence-electron chi connectivity index (χ4n) is 1.84. The molecule has 5 heteroatoms. The number of benzene rings is 2. The lowest BCUT2D eigenvalue weighted by Gasteiger charge is -2.09. The topological polar surface area (TPSA) is 55.1 Å². The molecule has 0 fully saturated rings. The molecule has 2 aromatic carbocycles. The monoisotopic (exact) mass is 320 g/mol. The average molecular weight is 321 g/mol. The van der Waals surface area contributed by atoms with Crippen molar-refractivity contribution in [3.8, 4) is 0 Å². The minimum absolute atomic E-state index is 0.0418. The van der Waals surface area contributed by atoms with Crippen molar-refractivity contribution in [1.29, 1.82) is 0 Å². The van der Waals surface area contributed by atoms with Gasteiger partial charge in [-0.15, -0.1) is 11.8 Å². The summed E-state index contributed by atoms with van der Waals surface area (Å²) in [6, 6.07) is 11.2. The number of nitrogens with one attached hydrogen (secondary N) is 1. The van der Waals surface area contributed by atoms with Gasteiger partial charge in [-0.2, -0.15) is 0 Å². The fraction of sp³-hybridized carbons (Fsp3) is 0.188. The Morgan fingerprint density at radius 1 is 1.19 bits per heavy atom. The van der Waals surface area contributed by atoms with Crippen LogP contribution < -0.4 is 11.1 Å². The maximum absolute atomic E-state index is 12.0. The molecule has 0 atom stereocenters. The molecule has 0 unspecified atom stereocenters.